The summed E-state index contributed by atoms with van der Waals surface area (Å²) in [5.74, 6) is -0.907. The second-order valence-electron chi connectivity index (χ2n) is 5.92. The Balaban J connectivity index is 2.73. The first-order chi connectivity index (χ1) is 8.22. The summed E-state index contributed by atoms with van der Waals surface area (Å²) in [5, 5.41) is 9.30. The van der Waals surface area contributed by atoms with Gasteiger partial charge in [-0.3, -0.25) is 4.90 Å². The van der Waals surface area contributed by atoms with Gasteiger partial charge in [0, 0.05) is 7.05 Å². The van der Waals surface area contributed by atoms with E-state index in [0.29, 0.717) is 0 Å². The van der Waals surface area contributed by atoms with Gasteiger partial charge in [-0.1, -0.05) is 12.8 Å². The van der Waals surface area contributed by atoms with Gasteiger partial charge in [0.05, 0.1) is 0 Å². The lowest BCUT2D eigenvalue weighted by Crippen LogP contribution is -2.48. The SMILES string of the molecule is CN(C(=O)OC(C)(C)C)C(C(=O)O)C1CCCC1. The first-order valence-corrected chi connectivity index (χ1v) is 6.41. The summed E-state index contributed by atoms with van der Waals surface area (Å²) in [6, 6.07) is -0.776. The summed E-state index contributed by atoms with van der Waals surface area (Å²) >= 11 is 0. The van der Waals surface area contributed by atoms with Crippen molar-refractivity contribution in [2.75, 3.05) is 7.05 Å². The van der Waals surface area contributed by atoms with Crippen molar-refractivity contribution in [2.24, 2.45) is 5.92 Å². The zero-order valence-corrected chi connectivity index (χ0v) is 11.6. The number of carbonyl (C=O) groups excluding carboxylic acids is 1. The summed E-state index contributed by atoms with van der Waals surface area (Å²) in [6.45, 7) is 5.30. The fraction of sp³-hybridized carbons (Fsp3) is 0.846. The maximum absolute atomic E-state index is 11.9. The van der Waals surface area contributed by atoms with Crippen molar-refractivity contribution in [3.63, 3.8) is 0 Å². The van der Waals surface area contributed by atoms with Crippen LogP contribution >= 0.6 is 0 Å². The first kappa shape index (κ1) is 14.8. The van der Waals surface area contributed by atoms with Crippen LogP contribution in [0.2, 0.25) is 0 Å². The molecule has 1 N–H and O–H groups in total. The predicted molar refractivity (Wildman–Crippen MR) is 67.4 cm³/mol. The molecule has 0 aromatic heterocycles. The largest absolute Gasteiger partial charge is 0.480 e. The van der Waals surface area contributed by atoms with E-state index in [0.717, 1.165) is 25.7 Å². The fourth-order valence-electron chi connectivity index (χ4n) is 2.40. The minimum absolute atomic E-state index is 0.0417. The van der Waals surface area contributed by atoms with Crippen LogP contribution in [-0.2, 0) is 9.53 Å². The van der Waals surface area contributed by atoms with Gasteiger partial charge in [0.2, 0.25) is 0 Å². The molecule has 5 nitrogen and oxygen atoms in total. The van der Waals surface area contributed by atoms with Crippen LogP contribution in [0.15, 0.2) is 0 Å². The second-order valence-corrected chi connectivity index (χ2v) is 5.92. The number of carboxylic acids is 1. The molecule has 1 aliphatic rings. The summed E-state index contributed by atoms with van der Waals surface area (Å²) in [4.78, 5) is 24.5. The molecule has 0 aliphatic heterocycles. The second kappa shape index (κ2) is 5.59. The van der Waals surface area contributed by atoms with Crippen molar-refractivity contribution in [1.29, 1.82) is 0 Å². The Morgan fingerprint density at radius 1 is 1.28 bits per heavy atom. The van der Waals surface area contributed by atoms with Crippen molar-refractivity contribution in [3.05, 3.63) is 0 Å². The molecule has 1 fully saturated rings. The third-order valence-electron chi connectivity index (χ3n) is 3.20. The molecule has 1 unspecified atom stereocenters. The van der Waals surface area contributed by atoms with E-state index < -0.39 is 23.7 Å². The number of aliphatic carboxylic acids is 1. The molecule has 1 saturated carbocycles. The van der Waals surface area contributed by atoms with Gasteiger partial charge in [0.1, 0.15) is 11.6 Å². The Hall–Kier alpha value is -1.26. The van der Waals surface area contributed by atoms with Crippen molar-refractivity contribution in [3.8, 4) is 0 Å². The minimum atomic E-state index is -0.949. The molecule has 0 spiro atoms. The lowest BCUT2D eigenvalue weighted by molar-refractivity contribution is -0.144. The Morgan fingerprint density at radius 2 is 1.78 bits per heavy atom. The molecule has 1 aliphatic carbocycles. The summed E-state index contributed by atoms with van der Waals surface area (Å²) in [7, 11) is 1.51. The topological polar surface area (TPSA) is 66.8 Å². The van der Waals surface area contributed by atoms with E-state index in [1.165, 1.54) is 11.9 Å². The normalized spacial score (nSPS) is 18.4. The fourth-order valence-corrected chi connectivity index (χ4v) is 2.40. The summed E-state index contributed by atoms with van der Waals surface area (Å²) in [5.41, 5.74) is -0.607. The van der Waals surface area contributed by atoms with Crippen molar-refractivity contribution < 1.29 is 19.4 Å². The number of ether oxygens (including phenoxy) is 1. The van der Waals surface area contributed by atoms with Crippen LogP contribution in [0.5, 0.6) is 0 Å². The summed E-state index contributed by atoms with van der Waals surface area (Å²) in [6.07, 6.45) is 3.24. The standard InChI is InChI=1S/C13H23NO4/c1-13(2,3)18-12(17)14(4)10(11(15)16)9-7-5-6-8-9/h9-10H,5-8H2,1-4H3,(H,15,16). The zero-order valence-electron chi connectivity index (χ0n) is 11.6. The zero-order chi connectivity index (χ0) is 13.9. The number of amides is 1. The van der Waals surface area contributed by atoms with Crippen LogP contribution < -0.4 is 0 Å². The maximum Gasteiger partial charge on any atom is 0.410 e. The van der Waals surface area contributed by atoms with E-state index >= 15 is 0 Å². The molecule has 0 heterocycles. The van der Waals surface area contributed by atoms with E-state index in [2.05, 4.69) is 0 Å². The molecule has 18 heavy (non-hydrogen) atoms. The molecule has 0 saturated heterocycles. The van der Waals surface area contributed by atoms with E-state index in [1.54, 1.807) is 20.8 Å². The lowest BCUT2D eigenvalue weighted by Gasteiger charge is -2.31. The Morgan fingerprint density at radius 3 is 2.17 bits per heavy atom. The van der Waals surface area contributed by atoms with Crippen molar-refractivity contribution >= 4 is 12.1 Å². The number of carboxylic acid groups (broad SMARTS) is 1. The molecule has 1 amide bonds. The molecule has 1 atom stereocenters. The predicted octanol–water partition coefficient (Wildman–Crippen LogP) is 2.50. The highest BCUT2D eigenvalue weighted by Crippen LogP contribution is 2.30. The highest BCUT2D eigenvalue weighted by molar-refractivity contribution is 5.80. The quantitative estimate of drug-likeness (QED) is 0.843. The molecule has 0 aromatic carbocycles. The smallest absolute Gasteiger partial charge is 0.410 e. The third-order valence-corrected chi connectivity index (χ3v) is 3.20. The van der Waals surface area contributed by atoms with Gasteiger partial charge >= 0.3 is 12.1 Å². The van der Waals surface area contributed by atoms with Crippen LogP contribution in [0.1, 0.15) is 46.5 Å². The van der Waals surface area contributed by atoms with Gasteiger partial charge in [0.15, 0.2) is 0 Å². The number of carbonyl (C=O) groups is 2. The Labute approximate surface area is 108 Å². The highest BCUT2D eigenvalue weighted by Gasteiger charge is 2.37. The molecule has 104 valence electrons. The molecular formula is C13H23NO4. The number of likely N-dealkylation sites (N-methyl/N-ethyl adjacent to an activating group) is 1. The molecule has 1 rings (SSSR count). The van der Waals surface area contributed by atoms with Gasteiger partial charge in [-0.25, -0.2) is 9.59 Å². The van der Waals surface area contributed by atoms with Crippen LogP contribution in [0.25, 0.3) is 0 Å². The number of rotatable bonds is 3. The number of hydrogen-bond acceptors (Lipinski definition) is 3. The van der Waals surface area contributed by atoms with Gasteiger partial charge < -0.3 is 9.84 Å². The van der Waals surface area contributed by atoms with E-state index in [1.807, 2.05) is 0 Å². The maximum atomic E-state index is 11.9. The number of hydrogen-bond donors (Lipinski definition) is 1. The van der Waals surface area contributed by atoms with E-state index in [4.69, 9.17) is 4.74 Å². The number of nitrogens with zero attached hydrogens (tertiary/aromatic N) is 1. The van der Waals surface area contributed by atoms with Gasteiger partial charge in [0.25, 0.3) is 0 Å². The van der Waals surface area contributed by atoms with Crippen LogP contribution in [0.4, 0.5) is 4.79 Å². The van der Waals surface area contributed by atoms with Gasteiger partial charge in [-0.2, -0.15) is 0 Å². The molecule has 0 aromatic rings. The molecular weight excluding hydrogens is 234 g/mol. The first-order valence-electron chi connectivity index (χ1n) is 6.41. The average molecular weight is 257 g/mol. The average Bonchev–Trinajstić information content (AvgIpc) is 2.67. The third kappa shape index (κ3) is 3.89. The van der Waals surface area contributed by atoms with Gasteiger partial charge in [-0.15, -0.1) is 0 Å². The molecule has 0 radical (unpaired) electrons. The minimum Gasteiger partial charge on any atom is -0.480 e. The molecule has 0 bridgehead atoms. The van der Waals surface area contributed by atoms with Gasteiger partial charge in [-0.05, 0) is 39.5 Å². The lowest BCUT2D eigenvalue weighted by atomic mass is 9.97. The van der Waals surface area contributed by atoms with E-state index in [-0.39, 0.29) is 5.92 Å². The Bertz CT molecular complexity index is 315. The monoisotopic (exact) mass is 257 g/mol. The van der Waals surface area contributed by atoms with Crippen LogP contribution in [0.3, 0.4) is 0 Å². The highest BCUT2D eigenvalue weighted by atomic mass is 16.6. The van der Waals surface area contributed by atoms with Crippen LogP contribution in [-0.4, -0.2) is 40.8 Å². The van der Waals surface area contributed by atoms with E-state index in [9.17, 15) is 14.7 Å². The molecule has 5 heteroatoms. The van der Waals surface area contributed by atoms with Crippen molar-refractivity contribution in [2.45, 2.75) is 58.1 Å². The van der Waals surface area contributed by atoms with Crippen LogP contribution in [0, 0.1) is 5.92 Å². The Kier molecular flexibility index (Phi) is 4.59. The summed E-state index contributed by atoms with van der Waals surface area (Å²) < 4.78 is 5.21. The van der Waals surface area contributed by atoms with Crippen molar-refractivity contribution in [1.82, 2.24) is 4.90 Å².